The minimum Gasteiger partial charge on any atom is -0.409 e. The quantitative estimate of drug-likeness (QED) is 0.367. The van der Waals surface area contributed by atoms with Crippen LogP contribution in [0, 0.1) is 0 Å². The number of oxime groups is 1. The van der Waals surface area contributed by atoms with E-state index in [-0.39, 0.29) is 5.84 Å². The van der Waals surface area contributed by atoms with Gasteiger partial charge in [-0.05, 0) is 37.6 Å². The summed E-state index contributed by atoms with van der Waals surface area (Å²) in [5.41, 5.74) is 7.20. The Kier molecular flexibility index (Phi) is 4.15. The molecule has 1 aliphatic carbocycles. The van der Waals surface area contributed by atoms with Crippen molar-refractivity contribution in [3.8, 4) is 0 Å². The standard InChI is InChI=1S/C13H20N4O/c1-17(11-4-2-3-5-11)9-10-6-7-15-12(8-10)13(14)16-18/h6-8,11,18H,2-5,9H2,1H3,(H2,14,16). The predicted molar refractivity (Wildman–Crippen MR) is 70.5 cm³/mol. The molecule has 0 bridgehead atoms. The van der Waals surface area contributed by atoms with Crippen molar-refractivity contribution >= 4 is 5.84 Å². The van der Waals surface area contributed by atoms with Crippen molar-refractivity contribution in [3.05, 3.63) is 29.6 Å². The Morgan fingerprint density at radius 1 is 1.56 bits per heavy atom. The molecule has 0 amide bonds. The molecule has 5 nitrogen and oxygen atoms in total. The van der Waals surface area contributed by atoms with Crippen LogP contribution in [0.15, 0.2) is 23.5 Å². The van der Waals surface area contributed by atoms with Gasteiger partial charge in [0.05, 0.1) is 0 Å². The first-order valence-corrected chi connectivity index (χ1v) is 6.34. The van der Waals surface area contributed by atoms with Crippen LogP contribution in [0.4, 0.5) is 0 Å². The minimum absolute atomic E-state index is 0.0559. The van der Waals surface area contributed by atoms with Crippen LogP contribution in [0.1, 0.15) is 36.9 Å². The maximum absolute atomic E-state index is 8.65. The van der Waals surface area contributed by atoms with Crippen molar-refractivity contribution in [2.45, 2.75) is 38.3 Å². The normalized spacial score (nSPS) is 17.6. The van der Waals surface area contributed by atoms with Gasteiger partial charge in [-0.3, -0.25) is 9.88 Å². The summed E-state index contributed by atoms with van der Waals surface area (Å²) in [6.45, 7) is 0.874. The molecule has 2 rings (SSSR count). The van der Waals surface area contributed by atoms with E-state index in [9.17, 15) is 0 Å². The molecule has 1 aromatic rings. The largest absolute Gasteiger partial charge is 0.409 e. The van der Waals surface area contributed by atoms with Crippen LogP contribution in [0.5, 0.6) is 0 Å². The molecule has 1 aliphatic rings. The van der Waals surface area contributed by atoms with E-state index in [2.05, 4.69) is 22.1 Å². The Labute approximate surface area is 107 Å². The maximum Gasteiger partial charge on any atom is 0.188 e. The number of hydrogen-bond donors (Lipinski definition) is 2. The molecule has 98 valence electrons. The zero-order valence-corrected chi connectivity index (χ0v) is 10.7. The Bertz CT molecular complexity index is 427. The van der Waals surface area contributed by atoms with E-state index in [1.165, 1.54) is 25.7 Å². The Hall–Kier alpha value is -1.62. The Morgan fingerprint density at radius 3 is 2.94 bits per heavy atom. The number of rotatable bonds is 4. The van der Waals surface area contributed by atoms with Crippen LogP contribution in [0.2, 0.25) is 0 Å². The molecule has 1 aromatic heterocycles. The van der Waals surface area contributed by atoms with Gasteiger partial charge in [-0.25, -0.2) is 0 Å². The number of nitrogens with zero attached hydrogens (tertiary/aromatic N) is 3. The fourth-order valence-corrected chi connectivity index (χ4v) is 2.53. The van der Waals surface area contributed by atoms with Gasteiger partial charge in [0.2, 0.25) is 0 Å². The van der Waals surface area contributed by atoms with Crippen molar-refractivity contribution in [1.82, 2.24) is 9.88 Å². The average molecular weight is 248 g/mol. The second kappa shape index (κ2) is 5.82. The molecule has 0 aromatic carbocycles. The molecule has 0 radical (unpaired) electrons. The lowest BCUT2D eigenvalue weighted by molar-refractivity contribution is 0.237. The van der Waals surface area contributed by atoms with E-state index in [1.807, 2.05) is 12.1 Å². The van der Waals surface area contributed by atoms with E-state index in [0.29, 0.717) is 11.7 Å². The first-order valence-electron chi connectivity index (χ1n) is 6.34. The second-order valence-electron chi connectivity index (χ2n) is 4.89. The van der Waals surface area contributed by atoms with Gasteiger partial charge >= 0.3 is 0 Å². The predicted octanol–water partition coefficient (Wildman–Crippen LogP) is 1.55. The van der Waals surface area contributed by atoms with E-state index >= 15 is 0 Å². The first kappa shape index (κ1) is 12.8. The molecule has 1 saturated carbocycles. The minimum atomic E-state index is 0.0559. The van der Waals surface area contributed by atoms with Gasteiger partial charge in [0, 0.05) is 18.8 Å². The van der Waals surface area contributed by atoms with Gasteiger partial charge in [0.15, 0.2) is 5.84 Å². The fourth-order valence-electron chi connectivity index (χ4n) is 2.53. The number of hydrogen-bond acceptors (Lipinski definition) is 4. The summed E-state index contributed by atoms with van der Waals surface area (Å²) in [4.78, 5) is 6.45. The monoisotopic (exact) mass is 248 g/mol. The molecule has 1 heterocycles. The van der Waals surface area contributed by atoms with E-state index < -0.39 is 0 Å². The third-order valence-corrected chi connectivity index (χ3v) is 3.57. The SMILES string of the molecule is CN(Cc1ccnc(C(N)=NO)c1)C1CCCC1. The van der Waals surface area contributed by atoms with Crippen molar-refractivity contribution in [2.24, 2.45) is 10.9 Å². The molecule has 3 N–H and O–H groups in total. The average Bonchev–Trinajstić information content (AvgIpc) is 2.92. The maximum atomic E-state index is 8.65. The summed E-state index contributed by atoms with van der Waals surface area (Å²) in [6.07, 6.45) is 6.94. The van der Waals surface area contributed by atoms with Crippen LogP contribution in [0.25, 0.3) is 0 Å². The summed E-state index contributed by atoms with van der Waals surface area (Å²) >= 11 is 0. The van der Waals surface area contributed by atoms with Gasteiger partial charge in [0.25, 0.3) is 0 Å². The molecule has 5 heteroatoms. The van der Waals surface area contributed by atoms with Crippen LogP contribution < -0.4 is 5.73 Å². The number of aromatic nitrogens is 1. The fraction of sp³-hybridized carbons (Fsp3) is 0.538. The highest BCUT2D eigenvalue weighted by atomic mass is 16.4. The van der Waals surface area contributed by atoms with Gasteiger partial charge in [-0.1, -0.05) is 18.0 Å². The highest BCUT2D eigenvalue weighted by molar-refractivity contribution is 5.95. The highest BCUT2D eigenvalue weighted by Crippen LogP contribution is 2.23. The number of amidine groups is 1. The lowest BCUT2D eigenvalue weighted by Crippen LogP contribution is -2.28. The highest BCUT2D eigenvalue weighted by Gasteiger charge is 2.19. The third-order valence-electron chi connectivity index (χ3n) is 3.57. The summed E-state index contributed by atoms with van der Waals surface area (Å²) < 4.78 is 0. The van der Waals surface area contributed by atoms with E-state index in [4.69, 9.17) is 10.9 Å². The van der Waals surface area contributed by atoms with Gasteiger partial charge in [-0.2, -0.15) is 0 Å². The van der Waals surface area contributed by atoms with Crippen molar-refractivity contribution in [2.75, 3.05) is 7.05 Å². The number of pyridine rings is 1. The zero-order valence-electron chi connectivity index (χ0n) is 10.7. The van der Waals surface area contributed by atoms with Crippen LogP contribution in [-0.4, -0.2) is 34.0 Å². The van der Waals surface area contributed by atoms with Crippen molar-refractivity contribution in [1.29, 1.82) is 0 Å². The van der Waals surface area contributed by atoms with Gasteiger partial charge in [0.1, 0.15) is 5.69 Å². The summed E-state index contributed by atoms with van der Waals surface area (Å²) in [5, 5.41) is 11.6. The molecular weight excluding hydrogens is 228 g/mol. The lowest BCUT2D eigenvalue weighted by atomic mass is 10.1. The molecule has 0 spiro atoms. The molecule has 0 unspecified atom stereocenters. The van der Waals surface area contributed by atoms with Crippen molar-refractivity contribution in [3.63, 3.8) is 0 Å². The van der Waals surface area contributed by atoms with Gasteiger partial charge < -0.3 is 10.9 Å². The number of nitrogens with two attached hydrogens (primary N) is 1. The third kappa shape index (κ3) is 2.98. The van der Waals surface area contributed by atoms with E-state index in [1.54, 1.807) is 6.20 Å². The lowest BCUT2D eigenvalue weighted by Gasteiger charge is -2.24. The van der Waals surface area contributed by atoms with E-state index in [0.717, 1.165) is 12.1 Å². The smallest absolute Gasteiger partial charge is 0.188 e. The topological polar surface area (TPSA) is 74.7 Å². The Balaban J connectivity index is 2.04. The molecular formula is C13H20N4O. The molecule has 0 aliphatic heterocycles. The molecule has 0 atom stereocenters. The molecule has 0 saturated heterocycles. The van der Waals surface area contributed by atoms with Crippen LogP contribution >= 0.6 is 0 Å². The molecule has 1 fully saturated rings. The summed E-state index contributed by atoms with van der Waals surface area (Å²) in [5.74, 6) is 0.0559. The zero-order chi connectivity index (χ0) is 13.0. The van der Waals surface area contributed by atoms with Crippen molar-refractivity contribution < 1.29 is 5.21 Å². The summed E-state index contributed by atoms with van der Waals surface area (Å²) in [7, 11) is 2.15. The Morgan fingerprint density at radius 2 is 2.28 bits per heavy atom. The van der Waals surface area contributed by atoms with Crippen LogP contribution in [0.3, 0.4) is 0 Å². The summed E-state index contributed by atoms with van der Waals surface area (Å²) in [6, 6.07) is 4.53. The molecule has 18 heavy (non-hydrogen) atoms. The second-order valence-corrected chi connectivity index (χ2v) is 4.89. The first-order chi connectivity index (χ1) is 8.70. The van der Waals surface area contributed by atoms with Gasteiger partial charge in [-0.15, -0.1) is 0 Å². The van der Waals surface area contributed by atoms with Crippen LogP contribution in [-0.2, 0) is 6.54 Å².